The van der Waals surface area contributed by atoms with Crippen LogP contribution in [0.25, 0.3) is 0 Å². The highest BCUT2D eigenvalue weighted by Gasteiger charge is 2.29. The van der Waals surface area contributed by atoms with Gasteiger partial charge in [-0.1, -0.05) is 27.7 Å². The van der Waals surface area contributed by atoms with E-state index in [1.807, 2.05) is 0 Å². The second-order valence-electron chi connectivity index (χ2n) is 6.89. The van der Waals surface area contributed by atoms with Crippen molar-refractivity contribution in [3.63, 3.8) is 0 Å². The van der Waals surface area contributed by atoms with Crippen molar-refractivity contribution < 1.29 is 0 Å². The molecule has 1 aromatic heterocycles. The van der Waals surface area contributed by atoms with E-state index in [4.69, 9.17) is 4.98 Å². The van der Waals surface area contributed by atoms with E-state index in [-0.39, 0.29) is 5.41 Å². The number of aromatic nitrogens is 2. The lowest BCUT2D eigenvalue weighted by Gasteiger charge is -2.25. The molecule has 0 saturated heterocycles. The second kappa shape index (κ2) is 4.15. The Labute approximate surface area is 105 Å². The normalized spacial score (nSPS) is 20.8. The average molecular weight is 234 g/mol. The van der Waals surface area contributed by atoms with Gasteiger partial charge in [0.1, 0.15) is 5.82 Å². The molecule has 2 rings (SSSR count). The maximum absolute atomic E-state index is 4.94. The van der Waals surface area contributed by atoms with Crippen LogP contribution in [-0.2, 0) is 18.3 Å². The third-order valence-electron chi connectivity index (χ3n) is 3.70. The van der Waals surface area contributed by atoms with Crippen LogP contribution in [0.1, 0.15) is 71.2 Å². The molecule has 96 valence electrons. The molecule has 0 amide bonds. The molecule has 0 fully saturated rings. The highest BCUT2D eigenvalue weighted by Crippen LogP contribution is 2.33. The Morgan fingerprint density at radius 1 is 1.29 bits per heavy atom. The fourth-order valence-electron chi connectivity index (χ4n) is 2.83. The van der Waals surface area contributed by atoms with Crippen molar-refractivity contribution in [2.75, 3.05) is 0 Å². The number of nitrogens with zero attached hydrogens (tertiary/aromatic N) is 2. The first-order valence-corrected chi connectivity index (χ1v) is 6.91. The largest absolute Gasteiger partial charge is 0.329 e. The van der Waals surface area contributed by atoms with E-state index in [1.54, 1.807) is 0 Å². The zero-order chi connectivity index (χ0) is 12.8. The summed E-state index contributed by atoms with van der Waals surface area (Å²) < 4.78 is 2.49. The van der Waals surface area contributed by atoms with Gasteiger partial charge in [-0.3, -0.25) is 0 Å². The Balaban J connectivity index is 2.55. The molecule has 1 atom stereocenters. The van der Waals surface area contributed by atoms with Gasteiger partial charge in [0.25, 0.3) is 0 Å². The number of rotatable bonds is 1. The zero-order valence-electron chi connectivity index (χ0n) is 12.2. The smallest absolute Gasteiger partial charge is 0.114 e. The summed E-state index contributed by atoms with van der Waals surface area (Å²) in [5.41, 5.74) is 3.01. The fraction of sp³-hybridized carbons (Fsp3) is 0.800. The molecule has 1 aliphatic carbocycles. The summed E-state index contributed by atoms with van der Waals surface area (Å²) in [6.07, 6.45) is 3.67. The van der Waals surface area contributed by atoms with Crippen LogP contribution in [-0.4, -0.2) is 9.55 Å². The van der Waals surface area contributed by atoms with Crippen LogP contribution in [0.4, 0.5) is 0 Å². The maximum atomic E-state index is 4.94. The SMILES string of the molecule is CC1CCc2nc(C(C)(C)C)n(C(C)C)c2C1. The molecule has 2 nitrogen and oxygen atoms in total. The summed E-state index contributed by atoms with van der Waals surface area (Å²) in [5.74, 6) is 2.08. The third kappa shape index (κ3) is 2.27. The van der Waals surface area contributed by atoms with Crippen LogP contribution in [0.2, 0.25) is 0 Å². The lowest BCUT2D eigenvalue weighted by molar-refractivity contribution is 0.434. The average Bonchev–Trinajstić information content (AvgIpc) is 2.55. The molecule has 1 aromatic rings. The van der Waals surface area contributed by atoms with Crippen LogP contribution < -0.4 is 0 Å². The van der Waals surface area contributed by atoms with E-state index in [9.17, 15) is 0 Å². The number of hydrogen-bond donors (Lipinski definition) is 0. The van der Waals surface area contributed by atoms with Crippen LogP contribution >= 0.6 is 0 Å². The molecule has 0 spiro atoms. The molecule has 17 heavy (non-hydrogen) atoms. The van der Waals surface area contributed by atoms with Crippen molar-refractivity contribution in [3.05, 3.63) is 17.2 Å². The minimum Gasteiger partial charge on any atom is -0.329 e. The molecule has 0 radical (unpaired) electrons. The zero-order valence-corrected chi connectivity index (χ0v) is 12.2. The predicted octanol–water partition coefficient (Wildman–Crippen LogP) is 3.89. The molecule has 0 bridgehead atoms. The summed E-state index contributed by atoms with van der Waals surface area (Å²) in [4.78, 5) is 4.94. The Morgan fingerprint density at radius 3 is 2.47 bits per heavy atom. The van der Waals surface area contributed by atoms with Gasteiger partial charge in [-0.25, -0.2) is 4.98 Å². The fourth-order valence-corrected chi connectivity index (χ4v) is 2.83. The van der Waals surface area contributed by atoms with E-state index in [1.165, 1.54) is 36.5 Å². The van der Waals surface area contributed by atoms with Gasteiger partial charge in [0.05, 0.1) is 5.69 Å². The Bertz CT molecular complexity index is 407. The van der Waals surface area contributed by atoms with Crippen LogP contribution in [0, 0.1) is 5.92 Å². The van der Waals surface area contributed by atoms with Gasteiger partial charge < -0.3 is 4.57 Å². The van der Waals surface area contributed by atoms with Gasteiger partial charge in [0.2, 0.25) is 0 Å². The van der Waals surface area contributed by atoms with Crippen molar-refractivity contribution >= 4 is 0 Å². The lowest BCUT2D eigenvalue weighted by Crippen LogP contribution is -2.22. The quantitative estimate of drug-likeness (QED) is 0.721. The van der Waals surface area contributed by atoms with Gasteiger partial charge in [-0.2, -0.15) is 0 Å². The van der Waals surface area contributed by atoms with Crippen molar-refractivity contribution in [1.29, 1.82) is 0 Å². The topological polar surface area (TPSA) is 17.8 Å². The maximum Gasteiger partial charge on any atom is 0.114 e. The van der Waals surface area contributed by atoms with E-state index < -0.39 is 0 Å². The highest BCUT2D eigenvalue weighted by atomic mass is 15.1. The molecule has 2 heteroatoms. The molecular formula is C15H26N2. The molecule has 0 aliphatic heterocycles. The van der Waals surface area contributed by atoms with Gasteiger partial charge in [0.15, 0.2) is 0 Å². The molecular weight excluding hydrogens is 208 g/mol. The van der Waals surface area contributed by atoms with Crippen molar-refractivity contribution in [1.82, 2.24) is 9.55 Å². The lowest BCUT2D eigenvalue weighted by atomic mass is 9.91. The third-order valence-corrected chi connectivity index (χ3v) is 3.70. The number of aryl methyl sites for hydroxylation is 1. The summed E-state index contributed by atoms with van der Waals surface area (Å²) in [7, 11) is 0. The van der Waals surface area contributed by atoms with Gasteiger partial charge in [-0.15, -0.1) is 0 Å². The van der Waals surface area contributed by atoms with E-state index >= 15 is 0 Å². The van der Waals surface area contributed by atoms with Crippen LogP contribution in [0.5, 0.6) is 0 Å². The van der Waals surface area contributed by atoms with E-state index in [0.29, 0.717) is 6.04 Å². The minimum absolute atomic E-state index is 0.144. The summed E-state index contributed by atoms with van der Waals surface area (Å²) in [5, 5.41) is 0. The standard InChI is InChI=1S/C15H26N2/c1-10(2)17-13-9-11(3)7-8-12(13)16-14(17)15(4,5)6/h10-11H,7-9H2,1-6H3. The summed E-state index contributed by atoms with van der Waals surface area (Å²) in [6, 6.07) is 0.519. The van der Waals surface area contributed by atoms with Gasteiger partial charge >= 0.3 is 0 Å². The molecule has 0 N–H and O–H groups in total. The molecule has 0 saturated carbocycles. The number of fused-ring (bicyclic) bond motifs is 1. The number of imidazole rings is 1. The summed E-state index contributed by atoms with van der Waals surface area (Å²) >= 11 is 0. The van der Waals surface area contributed by atoms with Gasteiger partial charge in [-0.05, 0) is 39.0 Å². The van der Waals surface area contributed by atoms with Crippen molar-refractivity contribution in [2.45, 2.75) is 72.3 Å². The first-order valence-electron chi connectivity index (χ1n) is 6.91. The van der Waals surface area contributed by atoms with E-state index in [0.717, 1.165) is 5.92 Å². The van der Waals surface area contributed by atoms with Crippen molar-refractivity contribution in [2.24, 2.45) is 5.92 Å². The van der Waals surface area contributed by atoms with E-state index in [2.05, 4.69) is 46.1 Å². The minimum atomic E-state index is 0.144. The first-order chi connectivity index (χ1) is 7.80. The van der Waals surface area contributed by atoms with Crippen molar-refractivity contribution in [3.8, 4) is 0 Å². The number of hydrogen-bond acceptors (Lipinski definition) is 1. The Kier molecular flexibility index (Phi) is 3.09. The molecule has 1 heterocycles. The molecule has 1 aliphatic rings. The Morgan fingerprint density at radius 2 is 1.94 bits per heavy atom. The Hall–Kier alpha value is -0.790. The summed E-state index contributed by atoms with van der Waals surface area (Å²) in [6.45, 7) is 13.7. The molecule has 0 aromatic carbocycles. The second-order valence-corrected chi connectivity index (χ2v) is 6.89. The highest BCUT2D eigenvalue weighted by molar-refractivity contribution is 5.24. The van der Waals surface area contributed by atoms with Crippen LogP contribution in [0.3, 0.4) is 0 Å². The monoisotopic (exact) mass is 234 g/mol. The molecule has 1 unspecified atom stereocenters. The first kappa shape index (κ1) is 12.7. The van der Waals surface area contributed by atoms with Crippen LogP contribution in [0.15, 0.2) is 0 Å². The predicted molar refractivity (Wildman–Crippen MR) is 72.5 cm³/mol. The van der Waals surface area contributed by atoms with Gasteiger partial charge in [0, 0.05) is 17.2 Å².